The highest BCUT2D eigenvalue weighted by molar-refractivity contribution is 7.89. The summed E-state index contributed by atoms with van der Waals surface area (Å²) in [6.07, 6.45) is -0.0172. The third-order valence-electron chi connectivity index (χ3n) is 2.59. The van der Waals surface area contributed by atoms with Gasteiger partial charge in [0.1, 0.15) is 5.69 Å². The molecule has 118 valence electrons. The van der Waals surface area contributed by atoms with E-state index >= 15 is 0 Å². The van der Waals surface area contributed by atoms with E-state index in [1.165, 1.54) is 25.2 Å². The fourth-order valence-corrected chi connectivity index (χ4v) is 2.88. The van der Waals surface area contributed by atoms with E-state index in [1.54, 1.807) is 0 Å². The summed E-state index contributed by atoms with van der Waals surface area (Å²) in [5.74, 6) is 0. The van der Waals surface area contributed by atoms with Crippen molar-refractivity contribution in [2.45, 2.75) is 24.8 Å². The largest absolute Gasteiger partial charge is 0.383 e. The van der Waals surface area contributed by atoms with Crippen LogP contribution in [-0.4, -0.2) is 39.6 Å². The minimum Gasteiger partial charge on any atom is -0.383 e. The van der Waals surface area contributed by atoms with E-state index in [0.717, 1.165) is 0 Å². The van der Waals surface area contributed by atoms with Crippen molar-refractivity contribution in [1.82, 2.24) is 4.72 Å². The Morgan fingerprint density at radius 3 is 2.57 bits per heavy atom. The van der Waals surface area contributed by atoms with Crippen LogP contribution in [0.2, 0.25) is 0 Å². The number of nitrogens with zero attached hydrogens (tertiary/aromatic N) is 1. The molecule has 0 radical (unpaired) electrons. The molecule has 0 amide bonds. The first kappa shape index (κ1) is 17.3. The summed E-state index contributed by atoms with van der Waals surface area (Å²) in [6, 6.07) is 4.08. The Bertz CT molecular complexity index is 601. The minimum absolute atomic E-state index is 0.0172. The topological polar surface area (TPSA) is 111 Å². The zero-order valence-corrected chi connectivity index (χ0v) is 12.9. The molecule has 0 fully saturated rings. The molecule has 2 N–H and O–H groups in total. The second-order valence-electron chi connectivity index (χ2n) is 4.48. The van der Waals surface area contributed by atoms with Gasteiger partial charge >= 0.3 is 5.69 Å². The number of para-hydroxylation sites is 1. The maximum absolute atomic E-state index is 12.2. The lowest BCUT2D eigenvalue weighted by molar-refractivity contribution is -0.386. The molecule has 0 aliphatic carbocycles. The summed E-state index contributed by atoms with van der Waals surface area (Å²) in [4.78, 5) is 10.0. The van der Waals surface area contributed by atoms with Crippen LogP contribution in [0, 0.1) is 10.1 Å². The van der Waals surface area contributed by atoms with Crippen LogP contribution in [0.25, 0.3) is 0 Å². The number of ether oxygens (including phenoxy) is 1. The maximum Gasteiger partial charge on any atom is 0.312 e. The van der Waals surface area contributed by atoms with Crippen LogP contribution in [0.1, 0.15) is 13.8 Å². The SMILES string of the molecule is CNc1cccc(S(=O)(=O)NCCOC(C)C)c1[N+](=O)[O-]. The first-order chi connectivity index (χ1) is 9.79. The molecule has 0 spiro atoms. The molecular weight excluding hydrogens is 298 g/mol. The van der Waals surface area contributed by atoms with Crippen molar-refractivity contribution in [3.8, 4) is 0 Å². The maximum atomic E-state index is 12.2. The lowest BCUT2D eigenvalue weighted by atomic mass is 10.3. The molecule has 9 heteroatoms. The van der Waals surface area contributed by atoms with E-state index in [4.69, 9.17) is 4.74 Å². The number of nitrogens with one attached hydrogen (secondary N) is 2. The number of sulfonamides is 1. The summed E-state index contributed by atoms with van der Waals surface area (Å²) in [7, 11) is -2.49. The quantitative estimate of drug-likeness (QED) is 0.425. The van der Waals surface area contributed by atoms with Crippen molar-refractivity contribution in [3.05, 3.63) is 28.3 Å². The molecule has 1 aromatic carbocycles. The van der Waals surface area contributed by atoms with Gasteiger partial charge in [-0.2, -0.15) is 0 Å². The van der Waals surface area contributed by atoms with Gasteiger partial charge in [0.2, 0.25) is 10.0 Å². The summed E-state index contributed by atoms with van der Waals surface area (Å²) in [6.45, 7) is 3.89. The first-order valence-corrected chi connectivity index (χ1v) is 7.84. The van der Waals surface area contributed by atoms with Crippen LogP contribution in [0.4, 0.5) is 11.4 Å². The number of rotatable bonds is 8. The van der Waals surface area contributed by atoms with E-state index in [9.17, 15) is 18.5 Å². The van der Waals surface area contributed by atoms with Crippen molar-refractivity contribution in [2.24, 2.45) is 0 Å². The van der Waals surface area contributed by atoms with Crippen LogP contribution in [0.15, 0.2) is 23.1 Å². The third kappa shape index (κ3) is 4.66. The minimum atomic E-state index is -3.98. The average Bonchev–Trinajstić information content (AvgIpc) is 2.42. The fraction of sp³-hybridized carbons (Fsp3) is 0.500. The van der Waals surface area contributed by atoms with Crippen molar-refractivity contribution < 1.29 is 18.1 Å². The number of benzene rings is 1. The third-order valence-corrected chi connectivity index (χ3v) is 4.08. The molecule has 0 aliphatic heterocycles. The molecule has 21 heavy (non-hydrogen) atoms. The van der Waals surface area contributed by atoms with Gasteiger partial charge in [-0.05, 0) is 26.0 Å². The lowest BCUT2D eigenvalue weighted by Crippen LogP contribution is -2.29. The van der Waals surface area contributed by atoms with E-state index < -0.39 is 20.6 Å². The number of nitro benzene ring substituents is 1. The fourth-order valence-electron chi connectivity index (χ4n) is 1.68. The molecule has 1 aromatic rings. The number of hydrogen-bond donors (Lipinski definition) is 2. The first-order valence-electron chi connectivity index (χ1n) is 6.36. The Kier molecular flexibility index (Phi) is 6.06. The average molecular weight is 317 g/mol. The van der Waals surface area contributed by atoms with Gasteiger partial charge in [-0.25, -0.2) is 13.1 Å². The normalized spacial score (nSPS) is 11.6. The molecule has 0 aromatic heterocycles. The van der Waals surface area contributed by atoms with Gasteiger partial charge in [-0.1, -0.05) is 6.07 Å². The summed E-state index contributed by atoms with van der Waals surface area (Å²) in [5.41, 5.74) is -0.335. The molecule has 1 rings (SSSR count). The zero-order chi connectivity index (χ0) is 16.0. The van der Waals surface area contributed by atoms with Crippen LogP contribution in [-0.2, 0) is 14.8 Å². The number of hydrogen-bond acceptors (Lipinski definition) is 6. The molecule has 0 unspecified atom stereocenters. The predicted molar refractivity (Wildman–Crippen MR) is 78.9 cm³/mol. The van der Waals surface area contributed by atoms with Crippen LogP contribution in [0.5, 0.6) is 0 Å². The molecule has 0 bridgehead atoms. The predicted octanol–water partition coefficient (Wildman–Crippen LogP) is 1.34. The molecule has 8 nitrogen and oxygen atoms in total. The second-order valence-corrected chi connectivity index (χ2v) is 6.21. The monoisotopic (exact) mass is 317 g/mol. The number of anilines is 1. The number of nitro groups is 1. The van der Waals surface area contributed by atoms with Crippen molar-refractivity contribution in [1.29, 1.82) is 0 Å². The highest BCUT2D eigenvalue weighted by Gasteiger charge is 2.28. The summed E-state index contributed by atoms with van der Waals surface area (Å²) in [5, 5.41) is 13.7. The van der Waals surface area contributed by atoms with E-state index in [2.05, 4.69) is 10.0 Å². The summed E-state index contributed by atoms with van der Waals surface area (Å²) < 4.78 is 31.9. The van der Waals surface area contributed by atoms with Crippen molar-refractivity contribution in [2.75, 3.05) is 25.5 Å². The molecule has 0 heterocycles. The summed E-state index contributed by atoms with van der Waals surface area (Å²) >= 11 is 0. The molecular formula is C12H19N3O5S. The molecule has 0 saturated carbocycles. The van der Waals surface area contributed by atoms with Crippen LogP contribution >= 0.6 is 0 Å². The Morgan fingerprint density at radius 1 is 1.38 bits per heavy atom. The van der Waals surface area contributed by atoms with E-state index in [-0.39, 0.29) is 29.8 Å². The van der Waals surface area contributed by atoms with Crippen LogP contribution < -0.4 is 10.0 Å². The molecule has 0 saturated heterocycles. The Hall–Kier alpha value is -1.71. The van der Waals surface area contributed by atoms with Gasteiger partial charge in [0.05, 0.1) is 17.6 Å². The highest BCUT2D eigenvalue weighted by atomic mass is 32.2. The molecule has 0 atom stereocenters. The van der Waals surface area contributed by atoms with Gasteiger partial charge < -0.3 is 10.1 Å². The zero-order valence-electron chi connectivity index (χ0n) is 12.1. The second kappa shape index (κ2) is 7.34. The van der Waals surface area contributed by atoms with E-state index in [1.807, 2.05) is 13.8 Å². The lowest BCUT2D eigenvalue weighted by Gasteiger charge is -2.11. The van der Waals surface area contributed by atoms with E-state index in [0.29, 0.717) is 0 Å². The Labute approximate surface area is 123 Å². The van der Waals surface area contributed by atoms with Gasteiger partial charge in [-0.15, -0.1) is 0 Å². The van der Waals surface area contributed by atoms with Crippen molar-refractivity contribution in [3.63, 3.8) is 0 Å². The smallest absolute Gasteiger partial charge is 0.312 e. The van der Waals surface area contributed by atoms with Gasteiger partial charge in [0, 0.05) is 13.6 Å². The van der Waals surface area contributed by atoms with Gasteiger partial charge in [0.15, 0.2) is 4.90 Å². The molecule has 0 aliphatic rings. The standard InChI is InChI=1S/C12H19N3O5S/c1-9(2)20-8-7-14-21(18,19)11-6-4-5-10(13-3)12(11)15(16)17/h4-6,9,13-14H,7-8H2,1-3H3. The van der Waals surface area contributed by atoms with Crippen LogP contribution in [0.3, 0.4) is 0 Å². The Morgan fingerprint density at radius 2 is 2.05 bits per heavy atom. The van der Waals surface area contributed by atoms with Gasteiger partial charge in [-0.3, -0.25) is 10.1 Å². The Balaban J connectivity index is 3.00. The van der Waals surface area contributed by atoms with Gasteiger partial charge in [0.25, 0.3) is 0 Å². The highest BCUT2D eigenvalue weighted by Crippen LogP contribution is 2.31. The van der Waals surface area contributed by atoms with Crippen molar-refractivity contribution >= 4 is 21.4 Å².